The van der Waals surface area contributed by atoms with E-state index in [0.29, 0.717) is 5.56 Å². The van der Waals surface area contributed by atoms with Crippen molar-refractivity contribution in [2.75, 3.05) is 6.54 Å². The van der Waals surface area contributed by atoms with E-state index in [1.807, 2.05) is 0 Å². The predicted octanol–water partition coefficient (Wildman–Crippen LogP) is 3.73. The van der Waals surface area contributed by atoms with Crippen molar-refractivity contribution < 1.29 is 22.7 Å². The topological polar surface area (TPSA) is 59.4 Å². The molecule has 3 N–H and O–H groups in total. The first kappa shape index (κ1) is 15.9. The van der Waals surface area contributed by atoms with Crippen LogP contribution in [0.4, 0.5) is 13.2 Å². The van der Waals surface area contributed by atoms with Gasteiger partial charge in [-0.05, 0) is 29.3 Å². The molecule has 0 radical (unpaired) electrons. The second-order valence-electron chi connectivity index (χ2n) is 4.56. The largest absolute Gasteiger partial charge is 0.453 e. The minimum atomic E-state index is -4.45. The first-order valence-electron chi connectivity index (χ1n) is 6.12. The summed E-state index contributed by atoms with van der Waals surface area (Å²) < 4.78 is 43.1. The Hall–Kier alpha value is -1.50. The molecule has 0 aliphatic rings. The lowest BCUT2D eigenvalue weighted by atomic mass is 9.89. The highest BCUT2D eigenvalue weighted by atomic mass is 35.5. The van der Waals surface area contributed by atoms with E-state index in [-0.39, 0.29) is 17.3 Å². The van der Waals surface area contributed by atoms with Crippen LogP contribution in [0.15, 0.2) is 41.0 Å². The van der Waals surface area contributed by atoms with Crippen LogP contribution in [0.25, 0.3) is 0 Å². The third kappa shape index (κ3) is 3.40. The molecular formula is C14H13ClF3NO2. The van der Waals surface area contributed by atoms with Gasteiger partial charge in [-0.15, -0.1) is 0 Å². The average Bonchev–Trinajstić information content (AvgIpc) is 2.85. The lowest BCUT2D eigenvalue weighted by Crippen LogP contribution is -2.20. The van der Waals surface area contributed by atoms with Gasteiger partial charge in [0.15, 0.2) is 5.22 Å². The summed E-state index contributed by atoms with van der Waals surface area (Å²) >= 11 is 5.78. The zero-order valence-corrected chi connectivity index (χ0v) is 11.5. The Morgan fingerprint density at radius 1 is 1.29 bits per heavy atom. The highest BCUT2D eigenvalue weighted by molar-refractivity contribution is 6.29. The van der Waals surface area contributed by atoms with E-state index in [2.05, 4.69) is 0 Å². The SMILES string of the molecule is NCC(c1cccc(C(F)(F)F)c1)C(O)c1ccoc1Cl. The summed E-state index contributed by atoms with van der Waals surface area (Å²) in [5.41, 5.74) is 5.40. The van der Waals surface area contributed by atoms with Crippen LogP contribution in [0.3, 0.4) is 0 Å². The fourth-order valence-electron chi connectivity index (χ4n) is 2.13. The lowest BCUT2D eigenvalue weighted by molar-refractivity contribution is -0.137. The first-order chi connectivity index (χ1) is 9.84. The lowest BCUT2D eigenvalue weighted by Gasteiger charge is -2.22. The molecule has 0 aliphatic carbocycles. The molecule has 2 aromatic rings. The number of nitrogens with two attached hydrogens (primary N) is 1. The van der Waals surface area contributed by atoms with Crippen molar-refractivity contribution >= 4 is 11.6 Å². The Labute approximate surface area is 124 Å². The summed E-state index contributed by atoms with van der Waals surface area (Å²) in [4.78, 5) is 0. The molecule has 0 bridgehead atoms. The minimum absolute atomic E-state index is 0.00655. The van der Waals surface area contributed by atoms with Crippen molar-refractivity contribution in [1.82, 2.24) is 0 Å². The van der Waals surface area contributed by atoms with E-state index in [1.165, 1.54) is 24.5 Å². The van der Waals surface area contributed by atoms with Gasteiger partial charge in [-0.2, -0.15) is 13.2 Å². The van der Waals surface area contributed by atoms with Crippen LogP contribution in [0.1, 0.15) is 28.7 Å². The summed E-state index contributed by atoms with van der Waals surface area (Å²) in [5.74, 6) is -0.720. The van der Waals surface area contributed by atoms with Crippen molar-refractivity contribution in [3.05, 3.63) is 58.5 Å². The molecule has 0 saturated carbocycles. The minimum Gasteiger partial charge on any atom is -0.453 e. The number of hydrogen-bond acceptors (Lipinski definition) is 3. The van der Waals surface area contributed by atoms with Crippen LogP contribution < -0.4 is 5.73 Å². The number of aliphatic hydroxyl groups is 1. The molecule has 1 aromatic carbocycles. The standard InChI is InChI=1S/C14H13ClF3NO2/c15-13-10(4-5-21-13)12(20)11(7-19)8-2-1-3-9(6-8)14(16,17)18/h1-6,11-12,20H,7,19H2. The number of furan rings is 1. The number of rotatable bonds is 4. The maximum Gasteiger partial charge on any atom is 0.416 e. The summed E-state index contributed by atoms with van der Waals surface area (Å²) in [6, 6.07) is 6.18. The van der Waals surface area contributed by atoms with Gasteiger partial charge in [0.25, 0.3) is 0 Å². The van der Waals surface area contributed by atoms with E-state index in [0.717, 1.165) is 12.1 Å². The van der Waals surface area contributed by atoms with Gasteiger partial charge in [0.05, 0.1) is 17.9 Å². The van der Waals surface area contributed by atoms with Gasteiger partial charge in [-0.1, -0.05) is 18.2 Å². The molecule has 2 atom stereocenters. The molecule has 2 rings (SSSR count). The zero-order valence-electron chi connectivity index (χ0n) is 10.8. The molecule has 0 fully saturated rings. The van der Waals surface area contributed by atoms with Gasteiger partial charge in [0.2, 0.25) is 0 Å². The van der Waals surface area contributed by atoms with Crippen molar-refractivity contribution in [1.29, 1.82) is 0 Å². The summed E-state index contributed by atoms with van der Waals surface area (Å²) in [6.45, 7) is -0.0377. The molecule has 0 aliphatic heterocycles. The molecule has 7 heteroatoms. The first-order valence-corrected chi connectivity index (χ1v) is 6.50. The smallest absolute Gasteiger partial charge is 0.416 e. The third-order valence-electron chi connectivity index (χ3n) is 3.24. The van der Waals surface area contributed by atoms with Crippen LogP contribution >= 0.6 is 11.6 Å². The zero-order chi connectivity index (χ0) is 15.6. The van der Waals surface area contributed by atoms with Crippen molar-refractivity contribution in [3.63, 3.8) is 0 Å². The number of aliphatic hydroxyl groups excluding tert-OH is 1. The third-order valence-corrected chi connectivity index (χ3v) is 3.55. The normalized spacial score (nSPS) is 15.0. The van der Waals surface area contributed by atoms with Gasteiger partial charge in [-0.3, -0.25) is 0 Å². The Balaban J connectivity index is 2.36. The molecule has 0 amide bonds. The van der Waals surface area contributed by atoms with E-state index < -0.39 is 23.8 Å². The Kier molecular flexibility index (Phi) is 4.61. The van der Waals surface area contributed by atoms with Crippen LogP contribution in [0, 0.1) is 0 Å². The van der Waals surface area contributed by atoms with Gasteiger partial charge < -0.3 is 15.3 Å². The monoisotopic (exact) mass is 319 g/mol. The Morgan fingerprint density at radius 2 is 2.00 bits per heavy atom. The van der Waals surface area contributed by atoms with Crippen molar-refractivity contribution in [3.8, 4) is 0 Å². The number of halogens is 4. The predicted molar refractivity (Wildman–Crippen MR) is 71.9 cm³/mol. The highest BCUT2D eigenvalue weighted by Crippen LogP contribution is 2.37. The van der Waals surface area contributed by atoms with E-state index in [1.54, 1.807) is 0 Å². The average molecular weight is 320 g/mol. The quantitative estimate of drug-likeness (QED) is 0.902. The number of benzene rings is 1. The van der Waals surface area contributed by atoms with Gasteiger partial charge >= 0.3 is 6.18 Å². The molecule has 114 valence electrons. The maximum absolute atomic E-state index is 12.7. The molecule has 0 saturated heterocycles. The van der Waals surface area contributed by atoms with Crippen LogP contribution in [-0.4, -0.2) is 11.7 Å². The molecule has 1 heterocycles. The van der Waals surface area contributed by atoms with Gasteiger partial charge in [0, 0.05) is 18.0 Å². The summed E-state index contributed by atoms with van der Waals surface area (Å²) in [5, 5.41) is 10.3. The summed E-state index contributed by atoms with van der Waals surface area (Å²) in [7, 11) is 0. The molecule has 21 heavy (non-hydrogen) atoms. The number of hydrogen-bond donors (Lipinski definition) is 2. The molecule has 3 nitrogen and oxygen atoms in total. The second kappa shape index (κ2) is 6.09. The second-order valence-corrected chi connectivity index (χ2v) is 4.90. The van der Waals surface area contributed by atoms with Crippen molar-refractivity contribution in [2.45, 2.75) is 18.2 Å². The fraction of sp³-hybridized carbons (Fsp3) is 0.286. The molecule has 0 spiro atoms. The van der Waals surface area contributed by atoms with E-state index in [4.69, 9.17) is 21.8 Å². The van der Waals surface area contributed by atoms with Crippen LogP contribution in [0.5, 0.6) is 0 Å². The van der Waals surface area contributed by atoms with E-state index in [9.17, 15) is 18.3 Å². The Morgan fingerprint density at radius 3 is 2.52 bits per heavy atom. The number of alkyl halides is 3. The summed E-state index contributed by atoms with van der Waals surface area (Å²) in [6.07, 6.45) is -4.31. The molecule has 1 aromatic heterocycles. The van der Waals surface area contributed by atoms with Gasteiger partial charge in [-0.25, -0.2) is 0 Å². The Bertz CT molecular complexity index is 612. The highest BCUT2D eigenvalue weighted by Gasteiger charge is 2.32. The maximum atomic E-state index is 12.7. The van der Waals surface area contributed by atoms with Gasteiger partial charge in [0.1, 0.15) is 0 Å². The van der Waals surface area contributed by atoms with Crippen molar-refractivity contribution in [2.24, 2.45) is 5.73 Å². The van der Waals surface area contributed by atoms with Crippen LogP contribution in [-0.2, 0) is 6.18 Å². The molecular weight excluding hydrogens is 307 g/mol. The fourth-order valence-corrected chi connectivity index (χ4v) is 2.35. The molecule has 2 unspecified atom stereocenters. The van der Waals surface area contributed by atoms with Crippen LogP contribution in [0.2, 0.25) is 5.22 Å². The van der Waals surface area contributed by atoms with E-state index >= 15 is 0 Å².